The van der Waals surface area contributed by atoms with Gasteiger partial charge in [0.15, 0.2) is 5.69 Å². The molecular formula is C9H14N4O3. The zero-order valence-corrected chi connectivity index (χ0v) is 8.93. The van der Waals surface area contributed by atoms with Crippen molar-refractivity contribution in [2.24, 2.45) is 10.9 Å². The van der Waals surface area contributed by atoms with Crippen LogP contribution < -0.4 is 11.1 Å². The van der Waals surface area contributed by atoms with E-state index in [2.05, 4.69) is 15.6 Å². The molecule has 7 heteroatoms. The largest absolute Gasteiger partial charge is 0.409 e. The molecule has 0 fully saturated rings. The van der Waals surface area contributed by atoms with E-state index >= 15 is 0 Å². The molecule has 1 aromatic heterocycles. The van der Waals surface area contributed by atoms with E-state index in [4.69, 9.17) is 15.5 Å². The lowest BCUT2D eigenvalue weighted by molar-refractivity contribution is 0.0944. The molecule has 0 atom stereocenters. The van der Waals surface area contributed by atoms with Gasteiger partial charge in [-0.3, -0.25) is 4.79 Å². The predicted octanol–water partition coefficient (Wildman–Crippen LogP) is 0.239. The minimum absolute atomic E-state index is 0.145. The Bertz CT molecular complexity index is 386. The van der Waals surface area contributed by atoms with Gasteiger partial charge in [-0.25, -0.2) is 0 Å². The van der Waals surface area contributed by atoms with Gasteiger partial charge < -0.3 is 20.8 Å². The van der Waals surface area contributed by atoms with E-state index in [-0.39, 0.29) is 17.4 Å². The molecule has 0 aliphatic carbocycles. The average molecular weight is 226 g/mol. The maximum atomic E-state index is 11.4. The third-order valence-corrected chi connectivity index (χ3v) is 1.88. The number of oxime groups is 1. The summed E-state index contributed by atoms with van der Waals surface area (Å²) in [4.78, 5) is 11.4. The molecule has 0 aliphatic heterocycles. The Kier molecular flexibility index (Phi) is 4.31. The van der Waals surface area contributed by atoms with Crippen LogP contribution in [-0.4, -0.2) is 28.7 Å². The number of nitrogens with one attached hydrogen (secondary N) is 1. The summed E-state index contributed by atoms with van der Waals surface area (Å²) >= 11 is 0. The number of amides is 1. The van der Waals surface area contributed by atoms with E-state index in [1.807, 2.05) is 0 Å². The number of carbonyl (C=O) groups is 1. The fraction of sp³-hybridized carbons (Fsp3) is 0.444. The van der Waals surface area contributed by atoms with Crippen LogP contribution in [-0.2, 0) is 0 Å². The molecule has 0 unspecified atom stereocenters. The standard InChI is InChI=1S/C9H14N4O3/c1-6-5-7(13-16-6)9(14)11-4-2-3-8(10)12-15/h5,15H,2-4H2,1H3,(H2,10,12)(H,11,14). The van der Waals surface area contributed by atoms with Crippen molar-refractivity contribution in [2.75, 3.05) is 6.54 Å². The molecule has 1 amide bonds. The Morgan fingerprint density at radius 1 is 1.75 bits per heavy atom. The highest BCUT2D eigenvalue weighted by Crippen LogP contribution is 2.00. The van der Waals surface area contributed by atoms with Crippen LogP contribution in [0.2, 0.25) is 0 Å². The third-order valence-electron chi connectivity index (χ3n) is 1.88. The summed E-state index contributed by atoms with van der Waals surface area (Å²) < 4.78 is 4.76. The van der Waals surface area contributed by atoms with Crippen LogP contribution in [0.1, 0.15) is 29.1 Å². The van der Waals surface area contributed by atoms with E-state index in [1.54, 1.807) is 13.0 Å². The van der Waals surface area contributed by atoms with Crippen LogP contribution in [0.3, 0.4) is 0 Å². The lowest BCUT2D eigenvalue weighted by Gasteiger charge is -2.01. The van der Waals surface area contributed by atoms with Gasteiger partial charge >= 0.3 is 0 Å². The van der Waals surface area contributed by atoms with E-state index in [0.29, 0.717) is 25.1 Å². The van der Waals surface area contributed by atoms with Crippen molar-refractivity contribution in [3.05, 3.63) is 17.5 Å². The first kappa shape index (κ1) is 12.0. The quantitative estimate of drug-likeness (QED) is 0.219. The van der Waals surface area contributed by atoms with Crippen LogP contribution in [0.4, 0.5) is 0 Å². The summed E-state index contributed by atoms with van der Waals surface area (Å²) in [5.74, 6) is 0.435. The van der Waals surface area contributed by atoms with Gasteiger partial charge in [0.1, 0.15) is 11.6 Å². The van der Waals surface area contributed by atoms with Gasteiger partial charge in [0, 0.05) is 19.0 Å². The molecule has 88 valence electrons. The minimum Gasteiger partial charge on any atom is -0.409 e. The first-order chi connectivity index (χ1) is 7.63. The van der Waals surface area contributed by atoms with Crippen LogP contribution in [0, 0.1) is 6.92 Å². The van der Waals surface area contributed by atoms with Crippen molar-refractivity contribution >= 4 is 11.7 Å². The molecule has 0 saturated heterocycles. The normalized spacial score (nSPS) is 11.4. The van der Waals surface area contributed by atoms with Crippen molar-refractivity contribution in [1.29, 1.82) is 0 Å². The summed E-state index contributed by atoms with van der Waals surface area (Å²) in [6, 6.07) is 1.55. The number of nitrogens with zero attached hydrogens (tertiary/aromatic N) is 2. The molecule has 1 heterocycles. The van der Waals surface area contributed by atoms with Crippen molar-refractivity contribution < 1.29 is 14.5 Å². The molecule has 0 aromatic carbocycles. The fourth-order valence-corrected chi connectivity index (χ4v) is 1.09. The average Bonchev–Trinajstić information content (AvgIpc) is 2.70. The minimum atomic E-state index is -0.295. The molecular weight excluding hydrogens is 212 g/mol. The maximum absolute atomic E-state index is 11.4. The Balaban J connectivity index is 2.26. The second-order valence-corrected chi connectivity index (χ2v) is 3.27. The van der Waals surface area contributed by atoms with Gasteiger partial charge in [0.2, 0.25) is 0 Å². The topological polar surface area (TPSA) is 114 Å². The molecule has 16 heavy (non-hydrogen) atoms. The van der Waals surface area contributed by atoms with Gasteiger partial charge in [0.25, 0.3) is 5.91 Å². The van der Waals surface area contributed by atoms with Gasteiger partial charge in [-0.05, 0) is 13.3 Å². The van der Waals surface area contributed by atoms with E-state index < -0.39 is 0 Å². The third kappa shape index (κ3) is 3.60. The number of rotatable bonds is 5. The maximum Gasteiger partial charge on any atom is 0.273 e. The van der Waals surface area contributed by atoms with E-state index in [9.17, 15) is 4.79 Å². The first-order valence-corrected chi connectivity index (χ1v) is 4.81. The number of amidine groups is 1. The van der Waals surface area contributed by atoms with Crippen molar-refractivity contribution in [3.8, 4) is 0 Å². The van der Waals surface area contributed by atoms with Gasteiger partial charge in [-0.15, -0.1) is 0 Å². The van der Waals surface area contributed by atoms with Crippen molar-refractivity contribution in [2.45, 2.75) is 19.8 Å². The highest BCUT2D eigenvalue weighted by atomic mass is 16.5. The molecule has 7 nitrogen and oxygen atoms in total. The summed E-state index contributed by atoms with van der Waals surface area (Å²) in [5, 5.41) is 17.3. The highest BCUT2D eigenvalue weighted by Gasteiger charge is 2.09. The Labute approximate surface area is 92.3 Å². The van der Waals surface area contributed by atoms with Crippen LogP contribution in [0.5, 0.6) is 0 Å². The summed E-state index contributed by atoms with van der Waals surface area (Å²) in [6.45, 7) is 2.14. The van der Waals surface area contributed by atoms with Crippen molar-refractivity contribution in [3.63, 3.8) is 0 Å². The van der Waals surface area contributed by atoms with Gasteiger partial charge in [-0.2, -0.15) is 0 Å². The smallest absolute Gasteiger partial charge is 0.273 e. The lowest BCUT2D eigenvalue weighted by Crippen LogP contribution is -2.25. The monoisotopic (exact) mass is 226 g/mol. The zero-order valence-electron chi connectivity index (χ0n) is 8.93. The number of carbonyl (C=O) groups excluding carboxylic acids is 1. The second-order valence-electron chi connectivity index (χ2n) is 3.27. The molecule has 1 rings (SSSR count). The molecule has 1 aromatic rings. The molecule has 0 saturated carbocycles. The second kappa shape index (κ2) is 5.74. The number of aromatic nitrogens is 1. The van der Waals surface area contributed by atoms with Crippen LogP contribution in [0.15, 0.2) is 15.7 Å². The zero-order chi connectivity index (χ0) is 12.0. The SMILES string of the molecule is Cc1cc(C(=O)NCCCC(N)=NO)no1. The molecule has 0 bridgehead atoms. The van der Waals surface area contributed by atoms with Gasteiger partial charge in [-0.1, -0.05) is 10.3 Å². The summed E-state index contributed by atoms with van der Waals surface area (Å²) in [6.07, 6.45) is 1.02. The number of nitrogens with two attached hydrogens (primary N) is 1. The number of aryl methyl sites for hydroxylation is 1. The number of hydrogen-bond donors (Lipinski definition) is 3. The molecule has 0 spiro atoms. The Morgan fingerprint density at radius 2 is 2.50 bits per heavy atom. The molecule has 4 N–H and O–H groups in total. The van der Waals surface area contributed by atoms with Crippen LogP contribution >= 0.6 is 0 Å². The molecule has 0 radical (unpaired) electrons. The lowest BCUT2D eigenvalue weighted by atomic mass is 10.3. The van der Waals surface area contributed by atoms with E-state index in [1.165, 1.54) is 0 Å². The number of hydrogen-bond acceptors (Lipinski definition) is 5. The fourth-order valence-electron chi connectivity index (χ4n) is 1.09. The summed E-state index contributed by atoms with van der Waals surface area (Å²) in [7, 11) is 0. The van der Waals surface area contributed by atoms with E-state index in [0.717, 1.165) is 0 Å². The predicted molar refractivity (Wildman–Crippen MR) is 56.2 cm³/mol. The Morgan fingerprint density at radius 3 is 3.06 bits per heavy atom. The molecule has 0 aliphatic rings. The van der Waals surface area contributed by atoms with Gasteiger partial charge in [0.05, 0.1) is 0 Å². The highest BCUT2D eigenvalue weighted by molar-refractivity contribution is 5.92. The van der Waals surface area contributed by atoms with Crippen molar-refractivity contribution in [1.82, 2.24) is 10.5 Å². The first-order valence-electron chi connectivity index (χ1n) is 4.81. The summed E-state index contributed by atoms with van der Waals surface area (Å²) in [5.41, 5.74) is 5.52. The van der Waals surface area contributed by atoms with Crippen LogP contribution in [0.25, 0.3) is 0 Å². The Hall–Kier alpha value is -2.05.